The van der Waals surface area contributed by atoms with Crippen molar-refractivity contribution >= 4 is 5.69 Å². The van der Waals surface area contributed by atoms with Crippen molar-refractivity contribution in [2.24, 2.45) is 0 Å². The molecule has 1 N–H and O–H groups in total. The summed E-state index contributed by atoms with van der Waals surface area (Å²) in [5.41, 5.74) is 0.391. The Morgan fingerprint density at radius 2 is 2.25 bits per heavy atom. The molecular formula is C8H5NO3. The third-order valence-electron chi connectivity index (χ3n) is 1.26. The van der Waals surface area contributed by atoms with E-state index >= 15 is 0 Å². The van der Waals surface area contributed by atoms with Gasteiger partial charge in [-0.05, 0) is 12.0 Å². The number of nitro groups is 1. The Labute approximate surface area is 68.6 Å². The number of hydrogen-bond acceptors (Lipinski definition) is 3. The van der Waals surface area contributed by atoms with Crippen molar-refractivity contribution in [3.63, 3.8) is 0 Å². The van der Waals surface area contributed by atoms with E-state index < -0.39 is 4.92 Å². The molecule has 0 aliphatic carbocycles. The molecule has 0 radical (unpaired) electrons. The lowest BCUT2D eigenvalue weighted by molar-refractivity contribution is -0.384. The van der Waals surface area contributed by atoms with E-state index in [-0.39, 0.29) is 5.69 Å². The number of hydrogen-bond donors (Lipinski definition) is 1. The first-order chi connectivity index (χ1) is 5.74. The van der Waals surface area contributed by atoms with Crippen molar-refractivity contribution in [1.29, 1.82) is 0 Å². The van der Waals surface area contributed by atoms with Crippen LogP contribution in [-0.4, -0.2) is 10.0 Å². The summed E-state index contributed by atoms with van der Waals surface area (Å²) in [7, 11) is 0. The molecular weight excluding hydrogens is 158 g/mol. The van der Waals surface area contributed by atoms with Gasteiger partial charge in [0, 0.05) is 17.7 Å². The Balaban J connectivity index is 3.09. The lowest BCUT2D eigenvalue weighted by Crippen LogP contribution is -1.87. The fourth-order valence-corrected chi connectivity index (χ4v) is 0.762. The summed E-state index contributed by atoms with van der Waals surface area (Å²) in [6.45, 7) is 0. The first-order valence-electron chi connectivity index (χ1n) is 3.13. The zero-order valence-corrected chi connectivity index (χ0v) is 6.02. The van der Waals surface area contributed by atoms with Crippen LogP contribution >= 0.6 is 0 Å². The first-order valence-corrected chi connectivity index (χ1v) is 3.13. The highest BCUT2D eigenvalue weighted by Crippen LogP contribution is 2.11. The SMILES string of the molecule is O=[N+]([O-])c1cccc(C#CO)c1. The minimum absolute atomic E-state index is 0.0322. The second-order valence-corrected chi connectivity index (χ2v) is 2.04. The normalized spacial score (nSPS) is 8.33. The minimum Gasteiger partial charge on any atom is -0.462 e. The van der Waals surface area contributed by atoms with E-state index in [9.17, 15) is 10.1 Å². The number of rotatable bonds is 1. The maximum atomic E-state index is 10.3. The van der Waals surface area contributed by atoms with Gasteiger partial charge in [0.05, 0.1) is 4.92 Å². The Kier molecular flexibility index (Phi) is 2.29. The lowest BCUT2D eigenvalue weighted by Gasteiger charge is -1.90. The van der Waals surface area contributed by atoms with E-state index in [2.05, 4.69) is 5.92 Å². The number of aliphatic hydroxyl groups excluding tert-OH is 1. The van der Waals surface area contributed by atoms with Crippen LogP contribution in [0.25, 0.3) is 0 Å². The summed E-state index contributed by atoms with van der Waals surface area (Å²) >= 11 is 0. The van der Waals surface area contributed by atoms with Gasteiger partial charge in [-0.15, -0.1) is 0 Å². The van der Waals surface area contributed by atoms with Crippen LogP contribution in [0.4, 0.5) is 5.69 Å². The number of nitro benzene ring substituents is 1. The predicted molar refractivity (Wildman–Crippen MR) is 41.9 cm³/mol. The number of nitrogens with zero attached hydrogens (tertiary/aromatic N) is 1. The minimum atomic E-state index is -0.511. The third kappa shape index (κ3) is 1.73. The summed E-state index contributed by atoms with van der Waals surface area (Å²) < 4.78 is 0. The van der Waals surface area contributed by atoms with Crippen LogP contribution in [0.15, 0.2) is 24.3 Å². The van der Waals surface area contributed by atoms with Crippen LogP contribution in [0.5, 0.6) is 0 Å². The van der Waals surface area contributed by atoms with E-state index in [0.717, 1.165) is 0 Å². The molecule has 60 valence electrons. The molecule has 0 heterocycles. The Morgan fingerprint density at radius 3 is 2.83 bits per heavy atom. The average molecular weight is 163 g/mol. The number of non-ortho nitro benzene ring substituents is 1. The molecule has 0 aliphatic heterocycles. The standard InChI is InChI=1S/C8H5NO3/c10-5-4-7-2-1-3-8(6-7)9(11)12/h1-3,6,10H. The van der Waals surface area contributed by atoms with Gasteiger partial charge in [0.2, 0.25) is 0 Å². The zero-order chi connectivity index (χ0) is 8.97. The number of aliphatic hydroxyl groups is 1. The second-order valence-electron chi connectivity index (χ2n) is 2.04. The predicted octanol–water partition coefficient (Wildman–Crippen LogP) is 1.28. The summed E-state index contributed by atoms with van der Waals surface area (Å²) in [5, 5.41) is 18.5. The van der Waals surface area contributed by atoms with Gasteiger partial charge in [-0.25, -0.2) is 0 Å². The fraction of sp³-hybridized carbons (Fsp3) is 0. The lowest BCUT2D eigenvalue weighted by atomic mass is 10.2. The maximum Gasteiger partial charge on any atom is 0.270 e. The van der Waals surface area contributed by atoms with Crippen molar-refractivity contribution < 1.29 is 10.0 Å². The van der Waals surface area contributed by atoms with Gasteiger partial charge in [0.15, 0.2) is 0 Å². The molecule has 0 amide bonds. The molecule has 0 atom stereocenters. The van der Waals surface area contributed by atoms with Crippen LogP contribution < -0.4 is 0 Å². The van der Waals surface area contributed by atoms with Crippen molar-refractivity contribution in [1.82, 2.24) is 0 Å². The van der Waals surface area contributed by atoms with Gasteiger partial charge in [-0.3, -0.25) is 10.1 Å². The Hall–Kier alpha value is -2.02. The van der Waals surface area contributed by atoms with Gasteiger partial charge in [-0.2, -0.15) is 0 Å². The van der Waals surface area contributed by atoms with E-state index in [0.29, 0.717) is 5.56 Å². The van der Waals surface area contributed by atoms with Crippen LogP contribution in [0.2, 0.25) is 0 Å². The molecule has 0 saturated heterocycles. The van der Waals surface area contributed by atoms with Crippen molar-refractivity contribution in [2.75, 3.05) is 0 Å². The van der Waals surface area contributed by atoms with E-state index in [1.54, 1.807) is 12.2 Å². The summed E-state index contributed by atoms with van der Waals surface area (Å²) in [5.74, 6) is 2.30. The molecule has 1 rings (SSSR count). The van der Waals surface area contributed by atoms with Gasteiger partial charge >= 0.3 is 0 Å². The smallest absolute Gasteiger partial charge is 0.270 e. The van der Waals surface area contributed by atoms with Crippen molar-refractivity contribution in [3.8, 4) is 12.0 Å². The molecule has 0 aliphatic rings. The largest absolute Gasteiger partial charge is 0.462 e. The molecule has 0 unspecified atom stereocenters. The maximum absolute atomic E-state index is 10.3. The van der Waals surface area contributed by atoms with Gasteiger partial charge in [-0.1, -0.05) is 6.07 Å². The van der Waals surface area contributed by atoms with E-state index in [1.165, 1.54) is 18.2 Å². The highest BCUT2D eigenvalue weighted by atomic mass is 16.6. The fourth-order valence-electron chi connectivity index (χ4n) is 0.762. The van der Waals surface area contributed by atoms with Gasteiger partial charge in [0.25, 0.3) is 5.69 Å². The molecule has 0 fully saturated rings. The van der Waals surface area contributed by atoms with Crippen LogP contribution in [-0.2, 0) is 0 Å². The van der Waals surface area contributed by atoms with Crippen LogP contribution in [0.1, 0.15) is 5.56 Å². The van der Waals surface area contributed by atoms with E-state index in [1.807, 2.05) is 0 Å². The third-order valence-corrected chi connectivity index (χ3v) is 1.26. The molecule has 0 saturated carbocycles. The van der Waals surface area contributed by atoms with Gasteiger partial charge in [0.1, 0.15) is 6.11 Å². The molecule has 4 heteroatoms. The molecule has 0 bridgehead atoms. The highest BCUT2D eigenvalue weighted by molar-refractivity contribution is 5.42. The monoisotopic (exact) mass is 163 g/mol. The highest BCUT2D eigenvalue weighted by Gasteiger charge is 2.03. The molecule has 12 heavy (non-hydrogen) atoms. The second kappa shape index (κ2) is 3.39. The van der Waals surface area contributed by atoms with Crippen LogP contribution in [0, 0.1) is 22.1 Å². The first kappa shape index (κ1) is 8.08. The average Bonchev–Trinajstić information content (AvgIpc) is 2.05. The topological polar surface area (TPSA) is 63.4 Å². The van der Waals surface area contributed by atoms with Crippen molar-refractivity contribution in [3.05, 3.63) is 39.9 Å². The summed E-state index contributed by atoms with van der Waals surface area (Å²) in [4.78, 5) is 9.74. The molecule has 0 aromatic heterocycles. The van der Waals surface area contributed by atoms with E-state index in [4.69, 9.17) is 5.11 Å². The van der Waals surface area contributed by atoms with Crippen LogP contribution in [0.3, 0.4) is 0 Å². The quantitative estimate of drug-likeness (QED) is 0.385. The summed E-state index contributed by atoms with van der Waals surface area (Å²) in [6.07, 6.45) is 1.68. The Morgan fingerprint density at radius 1 is 1.50 bits per heavy atom. The molecule has 4 nitrogen and oxygen atoms in total. The Bertz CT molecular complexity index is 362. The number of benzene rings is 1. The zero-order valence-electron chi connectivity index (χ0n) is 6.02. The molecule has 1 aromatic rings. The molecule has 1 aromatic carbocycles. The summed E-state index contributed by atoms with van der Waals surface area (Å²) in [6, 6.07) is 5.75. The molecule has 0 spiro atoms. The van der Waals surface area contributed by atoms with Gasteiger partial charge < -0.3 is 5.11 Å². The van der Waals surface area contributed by atoms with Crippen molar-refractivity contribution in [2.45, 2.75) is 0 Å².